The first-order valence-electron chi connectivity index (χ1n) is 6.29. The summed E-state index contributed by atoms with van der Waals surface area (Å²) in [6, 6.07) is 0. The molecule has 0 aliphatic heterocycles. The molecular formula is C14H26O3. The van der Waals surface area contributed by atoms with Crippen LogP contribution in [0, 0.1) is 11.3 Å². The van der Waals surface area contributed by atoms with E-state index in [1.807, 2.05) is 27.7 Å². The topological polar surface area (TPSA) is 46.5 Å². The van der Waals surface area contributed by atoms with Crippen LogP contribution in [0.4, 0.5) is 0 Å². The fraction of sp³-hybridized carbons (Fsp3) is 0.786. The number of aliphatic hydroxyl groups excluding tert-OH is 1. The lowest BCUT2D eigenvalue weighted by atomic mass is 9.76. The minimum absolute atomic E-state index is 0.198. The van der Waals surface area contributed by atoms with Crippen molar-refractivity contribution in [3.8, 4) is 0 Å². The number of hydrogen-bond acceptors (Lipinski definition) is 3. The van der Waals surface area contributed by atoms with Crippen molar-refractivity contribution in [2.24, 2.45) is 11.3 Å². The van der Waals surface area contributed by atoms with Crippen LogP contribution in [0.1, 0.15) is 47.5 Å². The smallest absolute Gasteiger partial charge is 0.333 e. The van der Waals surface area contributed by atoms with Crippen LogP contribution < -0.4 is 0 Å². The third kappa shape index (κ3) is 4.50. The highest BCUT2D eigenvalue weighted by molar-refractivity contribution is 5.86. The molecule has 0 aliphatic rings. The molecule has 0 radical (unpaired) electrons. The fourth-order valence-electron chi connectivity index (χ4n) is 1.66. The summed E-state index contributed by atoms with van der Waals surface area (Å²) in [6.45, 7) is 13.4. The number of aliphatic hydroxyl groups is 1. The van der Waals surface area contributed by atoms with Gasteiger partial charge in [0.1, 0.15) is 0 Å². The summed E-state index contributed by atoms with van der Waals surface area (Å²) in [6.07, 6.45) is 1.21. The van der Waals surface area contributed by atoms with E-state index in [4.69, 9.17) is 4.74 Å². The first kappa shape index (κ1) is 16.2. The van der Waals surface area contributed by atoms with E-state index < -0.39 is 6.10 Å². The average molecular weight is 242 g/mol. The molecule has 0 saturated heterocycles. The van der Waals surface area contributed by atoms with E-state index in [1.165, 1.54) is 0 Å². The molecule has 0 aliphatic carbocycles. The maximum atomic E-state index is 11.4. The Morgan fingerprint density at radius 2 is 2.00 bits per heavy atom. The van der Waals surface area contributed by atoms with Gasteiger partial charge < -0.3 is 9.84 Å². The summed E-state index contributed by atoms with van der Waals surface area (Å²) < 4.78 is 5.18. The SMILES string of the molecule is C=C(C)C(=O)OCC(C)(CC)C(O)C(C)CC. The van der Waals surface area contributed by atoms with Crippen molar-refractivity contribution in [1.82, 2.24) is 0 Å². The maximum Gasteiger partial charge on any atom is 0.333 e. The molecule has 0 heterocycles. The first-order valence-corrected chi connectivity index (χ1v) is 6.29. The van der Waals surface area contributed by atoms with E-state index in [1.54, 1.807) is 6.92 Å². The van der Waals surface area contributed by atoms with Gasteiger partial charge in [-0.3, -0.25) is 0 Å². The second kappa shape index (κ2) is 6.80. The molecule has 0 bridgehead atoms. The van der Waals surface area contributed by atoms with Crippen LogP contribution in [0.15, 0.2) is 12.2 Å². The van der Waals surface area contributed by atoms with E-state index >= 15 is 0 Å². The Morgan fingerprint density at radius 3 is 2.35 bits per heavy atom. The summed E-state index contributed by atoms with van der Waals surface area (Å²) in [5.41, 5.74) is 0.00191. The second-order valence-corrected chi connectivity index (χ2v) is 5.19. The Bertz CT molecular complexity index is 273. The van der Waals surface area contributed by atoms with Crippen molar-refractivity contribution in [2.75, 3.05) is 6.61 Å². The van der Waals surface area contributed by atoms with Crippen LogP contribution in [0.3, 0.4) is 0 Å². The Labute approximate surface area is 105 Å². The Balaban J connectivity index is 4.57. The van der Waals surface area contributed by atoms with Gasteiger partial charge in [-0.25, -0.2) is 4.79 Å². The lowest BCUT2D eigenvalue weighted by Gasteiger charge is -2.36. The van der Waals surface area contributed by atoms with Gasteiger partial charge in [-0.2, -0.15) is 0 Å². The molecule has 0 rings (SSSR count). The highest BCUT2D eigenvalue weighted by Gasteiger charge is 2.35. The van der Waals surface area contributed by atoms with Gasteiger partial charge in [0.15, 0.2) is 0 Å². The number of carbonyl (C=O) groups is 1. The van der Waals surface area contributed by atoms with Crippen LogP contribution in [0.2, 0.25) is 0 Å². The van der Waals surface area contributed by atoms with Crippen LogP contribution >= 0.6 is 0 Å². The molecule has 0 saturated carbocycles. The zero-order chi connectivity index (χ0) is 13.6. The van der Waals surface area contributed by atoms with Gasteiger partial charge >= 0.3 is 5.97 Å². The summed E-state index contributed by atoms with van der Waals surface area (Å²) in [7, 11) is 0. The van der Waals surface area contributed by atoms with Crippen molar-refractivity contribution in [3.05, 3.63) is 12.2 Å². The van der Waals surface area contributed by atoms with Crippen molar-refractivity contribution >= 4 is 5.97 Å². The molecule has 3 atom stereocenters. The molecule has 0 amide bonds. The predicted octanol–water partition coefficient (Wildman–Crippen LogP) is 2.93. The Hall–Kier alpha value is -0.830. The molecular weight excluding hydrogens is 216 g/mol. The van der Waals surface area contributed by atoms with Gasteiger partial charge in [0, 0.05) is 11.0 Å². The summed E-state index contributed by atoms with van der Waals surface area (Å²) in [4.78, 5) is 11.4. The quantitative estimate of drug-likeness (QED) is 0.551. The molecule has 0 fully saturated rings. The van der Waals surface area contributed by atoms with Crippen molar-refractivity contribution in [2.45, 2.75) is 53.6 Å². The molecule has 0 spiro atoms. The van der Waals surface area contributed by atoms with E-state index in [9.17, 15) is 9.90 Å². The molecule has 17 heavy (non-hydrogen) atoms. The summed E-state index contributed by atoms with van der Waals surface area (Å²) in [5.74, 6) is -0.190. The predicted molar refractivity (Wildman–Crippen MR) is 69.6 cm³/mol. The van der Waals surface area contributed by atoms with E-state index in [0.717, 1.165) is 12.8 Å². The number of hydrogen-bond donors (Lipinski definition) is 1. The lowest BCUT2D eigenvalue weighted by molar-refractivity contribution is -0.146. The molecule has 1 N–H and O–H groups in total. The maximum absolute atomic E-state index is 11.4. The zero-order valence-corrected chi connectivity index (χ0v) is 11.7. The van der Waals surface area contributed by atoms with Gasteiger partial charge in [-0.1, -0.05) is 40.7 Å². The van der Waals surface area contributed by atoms with Gasteiger partial charge in [0.2, 0.25) is 0 Å². The van der Waals surface area contributed by atoms with Gasteiger partial charge in [-0.15, -0.1) is 0 Å². The van der Waals surface area contributed by atoms with E-state index in [0.29, 0.717) is 5.57 Å². The van der Waals surface area contributed by atoms with Crippen molar-refractivity contribution in [1.29, 1.82) is 0 Å². The van der Waals surface area contributed by atoms with Gasteiger partial charge in [0.25, 0.3) is 0 Å². The number of carbonyl (C=O) groups excluding carboxylic acids is 1. The highest BCUT2D eigenvalue weighted by atomic mass is 16.5. The van der Waals surface area contributed by atoms with Gasteiger partial charge in [0.05, 0.1) is 12.7 Å². The number of esters is 1. The average Bonchev–Trinajstić information content (AvgIpc) is 2.33. The molecule has 3 heteroatoms. The molecule has 0 aromatic carbocycles. The lowest BCUT2D eigenvalue weighted by Crippen LogP contribution is -2.41. The standard InChI is InChI=1S/C14H26O3/c1-7-11(5)12(15)14(6,8-2)9-17-13(16)10(3)4/h11-12,15H,3,7-9H2,1-2,4-6H3. The molecule has 3 nitrogen and oxygen atoms in total. The highest BCUT2D eigenvalue weighted by Crippen LogP contribution is 2.32. The van der Waals surface area contributed by atoms with Crippen LogP contribution in [0.5, 0.6) is 0 Å². The molecule has 100 valence electrons. The number of ether oxygens (including phenoxy) is 1. The number of rotatable bonds is 7. The normalized spacial score (nSPS) is 18.0. The zero-order valence-electron chi connectivity index (χ0n) is 11.7. The van der Waals surface area contributed by atoms with Gasteiger partial charge in [-0.05, 0) is 19.3 Å². The fourth-order valence-corrected chi connectivity index (χ4v) is 1.66. The van der Waals surface area contributed by atoms with E-state index in [-0.39, 0.29) is 23.9 Å². The Morgan fingerprint density at radius 1 is 1.47 bits per heavy atom. The minimum Gasteiger partial charge on any atom is -0.462 e. The third-order valence-electron chi connectivity index (χ3n) is 3.59. The van der Waals surface area contributed by atoms with Crippen LogP contribution in [-0.2, 0) is 9.53 Å². The monoisotopic (exact) mass is 242 g/mol. The van der Waals surface area contributed by atoms with Crippen LogP contribution in [-0.4, -0.2) is 23.8 Å². The van der Waals surface area contributed by atoms with Crippen molar-refractivity contribution in [3.63, 3.8) is 0 Å². The summed E-state index contributed by atoms with van der Waals surface area (Å²) in [5, 5.41) is 10.3. The molecule has 0 aromatic heterocycles. The first-order chi connectivity index (χ1) is 7.78. The third-order valence-corrected chi connectivity index (χ3v) is 3.59. The largest absolute Gasteiger partial charge is 0.462 e. The summed E-state index contributed by atoms with van der Waals surface area (Å²) >= 11 is 0. The van der Waals surface area contributed by atoms with Crippen LogP contribution in [0.25, 0.3) is 0 Å². The second-order valence-electron chi connectivity index (χ2n) is 5.19. The minimum atomic E-state index is -0.463. The molecule has 3 unspecified atom stereocenters. The van der Waals surface area contributed by atoms with E-state index in [2.05, 4.69) is 6.58 Å². The van der Waals surface area contributed by atoms with Crippen molar-refractivity contribution < 1.29 is 14.6 Å². The molecule has 0 aromatic rings. The Kier molecular flexibility index (Phi) is 6.46.